The molecule has 0 spiro atoms. The lowest BCUT2D eigenvalue weighted by Gasteiger charge is -2.35. The number of aromatic nitrogens is 3. The summed E-state index contributed by atoms with van der Waals surface area (Å²) >= 11 is 0. The summed E-state index contributed by atoms with van der Waals surface area (Å²) in [5, 5.41) is 5.19. The summed E-state index contributed by atoms with van der Waals surface area (Å²) in [6.07, 6.45) is -1.38. The highest BCUT2D eigenvalue weighted by molar-refractivity contribution is 5.79. The highest BCUT2D eigenvalue weighted by Gasteiger charge is 2.21. The van der Waals surface area contributed by atoms with E-state index in [9.17, 15) is 8.78 Å². The van der Waals surface area contributed by atoms with Gasteiger partial charge in [0.1, 0.15) is 23.5 Å². The van der Waals surface area contributed by atoms with Gasteiger partial charge >= 0.3 is 0 Å². The second-order valence-electron chi connectivity index (χ2n) is 5.99. The van der Waals surface area contributed by atoms with Crippen LogP contribution in [-0.2, 0) is 6.54 Å². The molecular formula is C17H17F2N5O. The van der Waals surface area contributed by atoms with Gasteiger partial charge in [-0.3, -0.25) is 4.90 Å². The molecule has 2 aromatic heterocycles. The van der Waals surface area contributed by atoms with Crippen LogP contribution in [0.5, 0.6) is 0 Å². The maximum absolute atomic E-state index is 12.8. The fourth-order valence-electron chi connectivity index (χ4n) is 3.05. The number of anilines is 1. The molecule has 0 aliphatic carbocycles. The smallest absolute Gasteiger partial charge is 0.280 e. The van der Waals surface area contributed by atoms with Crippen molar-refractivity contribution in [3.8, 4) is 0 Å². The van der Waals surface area contributed by atoms with Crippen LogP contribution in [0.4, 0.5) is 14.6 Å². The first kappa shape index (κ1) is 15.9. The van der Waals surface area contributed by atoms with Gasteiger partial charge in [0.2, 0.25) is 0 Å². The summed E-state index contributed by atoms with van der Waals surface area (Å²) < 4.78 is 30.9. The molecular weight excluding hydrogens is 328 g/mol. The lowest BCUT2D eigenvalue weighted by atomic mass is 10.2. The molecule has 1 aliphatic heterocycles. The van der Waals surface area contributed by atoms with E-state index < -0.39 is 6.43 Å². The molecule has 0 amide bonds. The van der Waals surface area contributed by atoms with E-state index in [1.165, 1.54) is 12.4 Å². The number of alkyl halides is 2. The van der Waals surface area contributed by atoms with Crippen molar-refractivity contribution < 1.29 is 13.3 Å². The summed E-state index contributed by atoms with van der Waals surface area (Å²) in [7, 11) is 0. The topological polar surface area (TPSA) is 58.3 Å². The van der Waals surface area contributed by atoms with E-state index in [-0.39, 0.29) is 5.69 Å². The Morgan fingerprint density at radius 1 is 1.08 bits per heavy atom. The third kappa shape index (κ3) is 3.30. The Labute approximate surface area is 143 Å². The van der Waals surface area contributed by atoms with Gasteiger partial charge in [0, 0.05) is 44.2 Å². The number of nitrogens with zero attached hydrogens (tertiary/aromatic N) is 5. The van der Waals surface area contributed by atoms with Crippen molar-refractivity contribution in [1.82, 2.24) is 20.0 Å². The van der Waals surface area contributed by atoms with Crippen LogP contribution in [0, 0.1) is 0 Å². The van der Waals surface area contributed by atoms with Gasteiger partial charge in [-0.25, -0.2) is 18.7 Å². The first-order valence-electron chi connectivity index (χ1n) is 8.11. The molecule has 1 saturated heterocycles. The van der Waals surface area contributed by atoms with Gasteiger partial charge in [0.05, 0.1) is 0 Å². The summed E-state index contributed by atoms with van der Waals surface area (Å²) in [6, 6.07) is 9.16. The van der Waals surface area contributed by atoms with Gasteiger partial charge in [0.25, 0.3) is 6.43 Å². The third-order valence-electron chi connectivity index (χ3n) is 4.42. The van der Waals surface area contributed by atoms with Crippen LogP contribution in [0.25, 0.3) is 11.0 Å². The molecule has 0 unspecified atom stereocenters. The molecule has 0 bridgehead atoms. The molecule has 130 valence electrons. The van der Waals surface area contributed by atoms with Crippen LogP contribution in [0.15, 0.2) is 41.2 Å². The van der Waals surface area contributed by atoms with E-state index in [1.54, 1.807) is 0 Å². The van der Waals surface area contributed by atoms with Gasteiger partial charge < -0.3 is 9.42 Å². The normalized spacial score (nSPS) is 16.0. The first-order valence-corrected chi connectivity index (χ1v) is 8.11. The molecule has 1 aliphatic rings. The van der Waals surface area contributed by atoms with Gasteiger partial charge in [-0.15, -0.1) is 0 Å². The van der Waals surface area contributed by atoms with Crippen molar-refractivity contribution in [2.45, 2.75) is 13.0 Å². The summed E-state index contributed by atoms with van der Waals surface area (Å²) in [5.74, 6) is 0.553. The monoisotopic (exact) mass is 345 g/mol. The average molecular weight is 345 g/mol. The maximum atomic E-state index is 12.8. The lowest BCUT2D eigenvalue weighted by Crippen LogP contribution is -2.46. The van der Waals surface area contributed by atoms with Gasteiger partial charge in [0.15, 0.2) is 5.58 Å². The quantitative estimate of drug-likeness (QED) is 0.725. The Hall–Kier alpha value is -2.61. The molecule has 1 fully saturated rings. The van der Waals surface area contributed by atoms with Crippen LogP contribution in [0.2, 0.25) is 0 Å². The van der Waals surface area contributed by atoms with Crippen LogP contribution in [0.1, 0.15) is 17.8 Å². The fraction of sp³-hybridized carbons (Fsp3) is 0.353. The zero-order valence-corrected chi connectivity index (χ0v) is 13.5. The van der Waals surface area contributed by atoms with Gasteiger partial charge in [-0.05, 0) is 12.1 Å². The molecule has 6 nitrogen and oxygen atoms in total. The molecule has 0 radical (unpaired) electrons. The van der Waals surface area contributed by atoms with Crippen molar-refractivity contribution in [3.05, 3.63) is 48.0 Å². The average Bonchev–Trinajstić information content (AvgIpc) is 3.05. The molecule has 0 atom stereocenters. The maximum Gasteiger partial charge on any atom is 0.280 e. The minimum Gasteiger partial charge on any atom is -0.356 e. The molecule has 1 aromatic carbocycles. The van der Waals surface area contributed by atoms with Crippen LogP contribution < -0.4 is 4.90 Å². The van der Waals surface area contributed by atoms with Crippen molar-refractivity contribution in [2.75, 3.05) is 31.1 Å². The van der Waals surface area contributed by atoms with Crippen molar-refractivity contribution >= 4 is 16.8 Å². The van der Waals surface area contributed by atoms with E-state index in [0.29, 0.717) is 12.4 Å². The Morgan fingerprint density at radius 3 is 2.68 bits per heavy atom. The van der Waals surface area contributed by atoms with E-state index in [1.807, 2.05) is 29.2 Å². The van der Waals surface area contributed by atoms with Gasteiger partial charge in [-0.1, -0.05) is 17.3 Å². The number of halogens is 2. The number of para-hydroxylation sites is 1. The predicted octanol–water partition coefficient (Wildman–Crippen LogP) is 2.88. The Kier molecular flexibility index (Phi) is 4.27. The molecule has 25 heavy (non-hydrogen) atoms. The summed E-state index contributed by atoms with van der Waals surface area (Å²) in [5.41, 5.74) is 1.48. The number of hydrogen-bond acceptors (Lipinski definition) is 6. The van der Waals surface area contributed by atoms with Crippen molar-refractivity contribution in [2.24, 2.45) is 0 Å². The number of hydrogen-bond donors (Lipinski definition) is 0. The Bertz CT molecular complexity index is 861. The number of fused-ring (bicyclic) bond motifs is 1. The predicted molar refractivity (Wildman–Crippen MR) is 88.5 cm³/mol. The Morgan fingerprint density at radius 2 is 1.88 bits per heavy atom. The largest absolute Gasteiger partial charge is 0.356 e. The molecule has 4 rings (SSSR count). The van der Waals surface area contributed by atoms with Crippen molar-refractivity contribution in [3.63, 3.8) is 0 Å². The summed E-state index contributed by atoms with van der Waals surface area (Å²) in [6.45, 7) is 3.74. The van der Waals surface area contributed by atoms with Crippen LogP contribution in [0.3, 0.4) is 0 Å². The fourth-order valence-corrected chi connectivity index (χ4v) is 3.05. The van der Waals surface area contributed by atoms with Gasteiger partial charge in [-0.2, -0.15) is 0 Å². The molecule has 3 aromatic rings. The van der Waals surface area contributed by atoms with Crippen molar-refractivity contribution in [1.29, 1.82) is 0 Å². The SMILES string of the molecule is FC(F)c1cc(N2CCN(Cc3noc4ccccc34)CC2)ncn1. The number of piperazine rings is 1. The Balaban J connectivity index is 1.41. The van der Waals surface area contributed by atoms with E-state index >= 15 is 0 Å². The number of benzene rings is 1. The molecule has 0 saturated carbocycles. The number of rotatable bonds is 4. The lowest BCUT2D eigenvalue weighted by molar-refractivity contribution is 0.146. The van der Waals surface area contributed by atoms with E-state index in [0.717, 1.165) is 42.8 Å². The first-order chi connectivity index (χ1) is 12.2. The van der Waals surface area contributed by atoms with E-state index in [2.05, 4.69) is 20.0 Å². The second kappa shape index (κ2) is 6.72. The van der Waals surface area contributed by atoms with Crippen LogP contribution >= 0.6 is 0 Å². The summed E-state index contributed by atoms with van der Waals surface area (Å²) in [4.78, 5) is 12.0. The minimum atomic E-state index is -2.58. The molecule has 0 N–H and O–H groups in total. The minimum absolute atomic E-state index is 0.235. The third-order valence-corrected chi connectivity index (χ3v) is 4.42. The zero-order valence-electron chi connectivity index (χ0n) is 13.5. The van der Waals surface area contributed by atoms with E-state index in [4.69, 9.17) is 4.52 Å². The zero-order chi connectivity index (χ0) is 17.2. The standard InChI is InChI=1S/C17H17F2N5O/c18-17(19)13-9-16(21-11-20-13)24-7-5-23(6-8-24)10-14-12-3-1-2-4-15(12)25-22-14/h1-4,9,11,17H,5-8,10H2. The molecule has 3 heterocycles. The van der Waals surface area contributed by atoms with Crippen LogP contribution in [-0.4, -0.2) is 46.2 Å². The second-order valence-corrected chi connectivity index (χ2v) is 5.99. The highest BCUT2D eigenvalue weighted by atomic mass is 19.3. The highest BCUT2D eigenvalue weighted by Crippen LogP contribution is 2.22. The molecule has 8 heteroatoms.